The number of aromatic nitrogens is 6. The van der Waals surface area contributed by atoms with Crippen LogP contribution in [0.5, 0.6) is 5.75 Å². The van der Waals surface area contributed by atoms with Gasteiger partial charge in [0.05, 0.1) is 29.1 Å². The van der Waals surface area contributed by atoms with E-state index >= 15 is 0 Å². The van der Waals surface area contributed by atoms with Crippen LogP contribution in [0.4, 0.5) is 0 Å². The van der Waals surface area contributed by atoms with E-state index in [1.165, 1.54) is 0 Å². The molecule has 0 amide bonds. The van der Waals surface area contributed by atoms with E-state index in [2.05, 4.69) is 25.5 Å². The van der Waals surface area contributed by atoms with Crippen LogP contribution in [-0.4, -0.2) is 36.8 Å². The lowest BCUT2D eigenvalue weighted by Crippen LogP contribution is -2.01. The summed E-state index contributed by atoms with van der Waals surface area (Å²) in [5.41, 5.74) is 2.80. The van der Waals surface area contributed by atoms with Crippen LogP contribution < -0.4 is 4.74 Å². The molecule has 0 saturated carbocycles. The maximum Gasteiger partial charge on any atom is 0.167 e. The highest BCUT2D eigenvalue weighted by Gasteiger charge is 2.11. The standard InChI is InChI=1S/C17H16N6OS/c1-2-24-13-8-9-14-15(10-13)19-17(18-14)25-11-16-20-21-22-23(16)12-6-4-3-5-7-12/h3-10H,2,11H2,1H3,(H,18,19). The van der Waals surface area contributed by atoms with E-state index in [0.29, 0.717) is 12.4 Å². The number of imidazole rings is 1. The molecule has 0 aliphatic heterocycles. The highest BCUT2D eigenvalue weighted by molar-refractivity contribution is 7.98. The van der Waals surface area contributed by atoms with E-state index in [0.717, 1.165) is 33.5 Å². The summed E-state index contributed by atoms with van der Waals surface area (Å²) >= 11 is 1.56. The van der Waals surface area contributed by atoms with Crippen molar-refractivity contribution in [1.82, 2.24) is 30.2 Å². The Kier molecular flexibility index (Phi) is 4.34. The van der Waals surface area contributed by atoms with Crippen LogP contribution in [0.1, 0.15) is 12.7 Å². The molecule has 0 fully saturated rings. The van der Waals surface area contributed by atoms with Crippen LogP contribution in [-0.2, 0) is 5.75 Å². The van der Waals surface area contributed by atoms with E-state index in [-0.39, 0.29) is 0 Å². The number of para-hydroxylation sites is 1. The summed E-state index contributed by atoms with van der Waals surface area (Å²) in [6, 6.07) is 15.7. The fraction of sp³-hybridized carbons (Fsp3) is 0.176. The predicted octanol–water partition coefficient (Wildman–Crippen LogP) is 3.23. The van der Waals surface area contributed by atoms with Crippen molar-refractivity contribution in [2.75, 3.05) is 6.61 Å². The summed E-state index contributed by atoms with van der Waals surface area (Å²) in [4.78, 5) is 7.90. The Bertz CT molecular complexity index is 981. The van der Waals surface area contributed by atoms with Gasteiger partial charge in [-0.2, -0.15) is 4.68 Å². The summed E-state index contributed by atoms with van der Waals surface area (Å²) in [5, 5.41) is 12.8. The van der Waals surface area contributed by atoms with Gasteiger partial charge in [-0.05, 0) is 41.6 Å². The van der Waals surface area contributed by atoms with Gasteiger partial charge in [-0.1, -0.05) is 30.0 Å². The minimum Gasteiger partial charge on any atom is -0.494 e. The van der Waals surface area contributed by atoms with Crippen molar-refractivity contribution >= 4 is 22.8 Å². The summed E-state index contributed by atoms with van der Waals surface area (Å²) in [6.45, 7) is 2.61. The molecule has 0 bridgehead atoms. The number of nitrogens with zero attached hydrogens (tertiary/aromatic N) is 5. The van der Waals surface area contributed by atoms with Crippen molar-refractivity contribution in [3.8, 4) is 11.4 Å². The summed E-state index contributed by atoms with van der Waals surface area (Å²) in [6.07, 6.45) is 0. The fourth-order valence-electron chi connectivity index (χ4n) is 2.49. The molecule has 8 heteroatoms. The average Bonchev–Trinajstić information content (AvgIpc) is 3.27. The van der Waals surface area contributed by atoms with Crippen LogP contribution in [0.2, 0.25) is 0 Å². The van der Waals surface area contributed by atoms with Gasteiger partial charge in [-0.15, -0.1) is 5.10 Å². The zero-order chi connectivity index (χ0) is 17.1. The highest BCUT2D eigenvalue weighted by Crippen LogP contribution is 2.25. The number of benzene rings is 2. The Morgan fingerprint density at radius 3 is 2.88 bits per heavy atom. The van der Waals surface area contributed by atoms with Crippen LogP contribution in [0, 0.1) is 0 Å². The van der Waals surface area contributed by atoms with Crippen LogP contribution >= 0.6 is 11.8 Å². The maximum atomic E-state index is 5.52. The van der Waals surface area contributed by atoms with Gasteiger partial charge >= 0.3 is 0 Å². The summed E-state index contributed by atoms with van der Waals surface area (Å²) < 4.78 is 7.26. The van der Waals surface area contributed by atoms with E-state index < -0.39 is 0 Å². The van der Waals surface area contributed by atoms with Gasteiger partial charge < -0.3 is 9.72 Å². The fourth-order valence-corrected chi connectivity index (χ4v) is 3.28. The molecule has 0 aliphatic carbocycles. The van der Waals surface area contributed by atoms with Gasteiger partial charge in [0.25, 0.3) is 0 Å². The molecule has 0 saturated heterocycles. The first-order valence-electron chi connectivity index (χ1n) is 7.91. The Labute approximate surface area is 148 Å². The number of hydrogen-bond donors (Lipinski definition) is 1. The van der Waals surface area contributed by atoms with E-state index in [1.54, 1.807) is 16.4 Å². The van der Waals surface area contributed by atoms with E-state index in [9.17, 15) is 0 Å². The predicted molar refractivity (Wildman–Crippen MR) is 96.0 cm³/mol. The zero-order valence-electron chi connectivity index (χ0n) is 13.6. The van der Waals surface area contributed by atoms with Gasteiger partial charge in [0.1, 0.15) is 5.75 Å². The largest absolute Gasteiger partial charge is 0.494 e. The molecule has 2 aromatic heterocycles. The second-order valence-corrected chi connectivity index (χ2v) is 6.25. The Balaban J connectivity index is 1.52. The number of rotatable bonds is 6. The van der Waals surface area contributed by atoms with Crippen LogP contribution in [0.3, 0.4) is 0 Å². The van der Waals surface area contributed by atoms with Crippen LogP contribution in [0.15, 0.2) is 53.7 Å². The van der Waals surface area contributed by atoms with Gasteiger partial charge in [-0.3, -0.25) is 0 Å². The van der Waals surface area contributed by atoms with Crippen molar-refractivity contribution in [3.05, 3.63) is 54.4 Å². The van der Waals surface area contributed by atoms with Gasteiger partial charge in [-0.25, -0.2) is 4.98 Å². The lowest BCUT2D eigenvalue weighted by molar-refractivity contribution is 0.340. The van der Waals surface area contributed by atoms with Gasteiger partial charge in [0, 0.05) is 6.07 Å². The number of thioether (sulfide) groups is 1. The van der Waals surface area contributed by atoms with Crippen molar-refractivity contribution in [2.24, 2.45) is 0 Å². The molecule has 0 radical (unpaired) electrons. The first-order valence-corrected chi connectivity index (χ1v) is 8.90. The third-order valence-electron chi connectivity index (χ3n) is 3.62. The molecular formula is C17H16N6OS. The quantitative estimate of drug-likeness (QED) is 0.537. The van der Waals surface area contributed by atoms with Crippen molar-refractivity contribution in [2.45, 2.75) is 17.8 Å². The molecule has 7 nitrogen and oxygen atoms in total. The van der Waals surface area contributed by atoms with Crippen LogP contribution in [0.25, 0.3) is 16.7 Å². The molecule has 2 heterocycles. The van der Waals surface area contributed by atoms with Gasteiger partial charge in [0.2, 0.25) is 0 Å². The minimum absolute atomic E-state index is 0.611. The normalized spacial score (nSPS) is 11.1. The second-order valence-electron chi connectivity index (χ2n) is 5.29. The monoisotopic (exact) mass is 352 g/mol. The Morgan fingerprint density at radius 1 is 1.16 bits per heavy atom. The third kappa shape index (κ3) is 3.34. The van der Waals surface area contributed by atoms with E-state index in [4.69, 9.17) is 4.74 Å². The number of hydrogen-bond acceptors (Lipinski definition) is 6. The number of H-pyrrole nitrogens is 1. The Hall–Kier alpha value is -2.87. The molecule has 2 aromatic carbocycles. The number of tetrazole rings is 1. The molecule has 4 aromatic rings. The third-order valence-corrected chi connectivity index (χ3v) is 4.48. The average molecular weight is 352 g/mol. The molecule has 0 spiro atoms. The molecule has 126 valence electrons. The molecule has 0 unspecified atom stereocenters. The Morgan fingerprint density at radius 2 is 2.04 bits per heavy atom. The number of aromatic amines is 1. The van der Waals surface area contributed by atoms with Gasteiger partial charge in [0.15, 0.2) is 11.0 Å². The van der Waals surface area contributed by atoms with Crippen molar-refractivity contribution in [3.63, 3.8) is 0 Å². The first kappa shape index (κ1) is 15.6. The molecule has 4 rings (SSSR count). The number of fused-ring (bicyclic) bond motifs is 1. The minimum atomic E-state index is 0.611. The highest BCUT2D eigenvalue weighted by atomic mass is 32.2. The first-order chi connectivity index (χ1) is 12.3. The smallest absolute Gasteiger partial charge is 0.167 e. The molecule has 25 heavy (non-hydrogen) atoms. The topological polar surface area (TPSA) is 81.5 Å². The molecular weight excluding hydrogens is 336 g/mol. The van der Waals surface area contributed by atoms with Crippen molar-refractivity contribution < 1.29 is 4.74 Å². The van der Waals surface area contributed by atoms with Crippen molar-refractivity contribution in [1.29, 1.82) is 0 Å². The number of nitrogens with one attached hydrogen (secondary N) is 1. The lowest BCUT2D eigenvalue weighted by Gasteiger charge is -2.02. The number of ether oxygens (including phenoxy) is 1. The molecule has 0 atom stereocenters. The summed E-state index contributed by atoms with van der Waals surface area (Å²) in [7, 11) is 0. The van der Waals surface area contributed by atoms with E-state index in [1.807, 2.05) is 55.5 Å². The summed E-state index contributed by atoms with van der Waals surface area (Å²) in [5.74, 6) is 2.22. The maximum absolute atomic E-state index is 5.52. The molecule has 0 aliphatic rings. The SMILES string of the molecule is CCOc1ccc2nc(SCc3nnnn3-c3ccccc3)[nH]c2c1. The lowest BCUT2D eigenvalue weighted by atomic mass is 10.3. The second kappa shape index (κ2) is 6.94. The molecule has 1 N–H and O–H groups in total. The zero-order valence-corrected chi connectivity index (χ0v) is 14.4.